The number of anilines is 1. The van der Waals surface area contributed by atoms with Crippen LogP contribution in [0.5, 0.6) is 0 Å². The maximum Gasteiger partial charge on any atom is 0.0390 e. The SMILES string of the molecule is C=C(C)/C(=C\c1ccc(NC)cc1C)N(C)C. The third-order valence-corrected chi connectivity index (χ3v) is 2.77. The van der Waals surface area contributed by atoms with Gasteiger partial charge < -0.3 is 10.2 Å². The lowest BCUT2D eigenvalue weighted by Gasteiger charge is -2.18. The molecule has 0 atom stereocenters. The highest BCUT2D eigenvalue weighted by Gasteiger charge is 2.03. The number of hydrogen-bond donors (Lipinski definition) is 1. The molecule has 0 spiro atoms. The Morgan fingerprint density at radius 3 is 2.41 bits per heavy atom. The van der Waals surface area contributed by atoms with E-state index >= 15 is 0 Å². The van der Waals surface area contributed by atoms with Crippen LogP contribution in [0.25, 0.3) is 6.08 Å². The van der Waals surface area contributed by atoms with Crippen LogP contribution in [0.4, 0.5) is 5.69 Å². The molecule has 0 aromatic heterocycles. The van der Waals surface area contributed by atoms with Gasteiger partial charge in [-0.3, -0.25) is 0 Å². The fraction of sp³-hybridized carbons (Fsp3) is 0.333. The zero-order valence-corrected chi connectivity index (χ0v) is 11.5. The quantitative estimate of drug-likeness (QED) is 0.796. The zero-order chi connectivity index (χ0) is 13.0. The van der Waals surface area contributed by atoms with E-state index in [0.717, 1.165) is 17.0 Å². The number of benzene rings is 1. The summed E-state index contributed by atoms with van der Waals surface area (Å²) >= 11 is 0. The van der Waals surface area contributed by atoms with Crippen LogP contribution < -0.4 is 5.32 Å². The van der Waals surface area contributed by atoms with E-state index < -0.39 is 0 Å². The van der Waals surface area contributed by atoms with Crippen molar-refractivity contribution in [3.63, 3.8) is 0 Å². The van der Waals surface area contributed by atoms with Crippen LogP contribution in [0.3, 0.4) is 0 Å². The minimum absolute atomic E-state index is 1.08. The molecule has 0 radical (unpaired) electrons. The Kier molecular flexibility index (Phi) is 4.38. The standard InChI is InChI=1S/C15H22N2/c1-11(2)15(17(5)6)10-13-7-8-14(16-4)9-12(13)3/h7-10,16H,1H2,2-6H3/b15-10+. The number of likely N-dealkylation sites (N-methyl/N-ethyl adjacent to an activating group) is 1. The van der Waals surface area contributed by atoms with E-state index in [-0.39, 0.29) is 0 Å². The molecule has 1 N–H and O–H groups in total. The van der Waals surface area contributed by atoms with Gasteiger partial charge in [-0.05, 0) is 48.8 Å². The van der Waals surface area contributed by atoms with E-state index in [1.54, 1.807) is 0 Å². The summed E-state index contributed by atoms with van der Waals surface area (Å²) in [7, 11) is 6.01. The third kappa shape index (κ3) is 3.38. The molecule has 0 bridgehead atoms. The van der Waals surface area contributed by atoms with Gasteiger partial charge in [-0.15, -0.1) is 0 Å². The predicted octanol–water partition coefficient (Wildman–Crippen LogP) is 3.52. The number of allylic oxidation sites excluding steroid dienone is 1. The van der Waals surface area contributed by atoms with Gasteiger partial charge >= 0.3 is 0 Å². The second-order valence-corrected chi connectivity index (χ2v) is 4.53. The van der Waals surface area contributed by atoms with Crippen LogP contribution >= 0.6 is 0 Å². The molecule has 0 aliphatic rings. The zero-order valence-electron chi connectivity index (χ0n) is 11.5. The second-order valence-electron chi connectivity index (χ2n) is 4.53. The molecule has 2 nitrogen and oxygen atoms in total. The average molecular weight is 230 g/mol. The van der Waals surface area contributed by atoms with Crippen molar-refractivity contribution in [1.82, 2.24) is 4.90 Å². The molecule has 1 aromatic rings. The normalized spacial score (nSPS) is 11.2. The predicted molar refractivity (Wildman–Crippen MR) is 77.2 cm³/mol. The molecule has 0 saturated heterocycles. The fourth-order valence-electron chi connectivity index (χ4n) is 1.77. The van der Waals surface area contributed by atoms with Gasteiger partial charge in [-0.25, -0.2) is 0 Å². The van der Waals surface area contributed by atoms with Crippen molar-refractivity contribution in [3.05, 3.63) is 47.2 Å². The minimum Gasteiger partial charge on any atom is -0.388 e. The van der Waals surface area contributed by atoms with Gasteiger partial charge in [0, 0.05) is 32.5 Å². The smallest absolute Gasteiger partial charge is 0.0390 e. The Morgan fingerprint density at radius 2 is 2.00 bits per heavy atom. The van der Waals surface area contributed by atoms with Gasteiger partial charge in [0.15, 0.2) is 0 Å². The Bertz CT molecular complexity index is 442. The Labute approximate surface area is 105 Å². The first-order valence-electron chi connectivity index (χ1n) is 5.79. The fourth-order valence-corrected chi connectivity index (χ4v) is 1.77. The van der Waals surface area contributed by atoms with Crippen molar-refractivity contribution < 1.29 is 0 Å². The van der Waals surface area contributed by atoms with Crippen LogP contribution in [0.15, 0.2) is 36.0 Å². The Balaban J connectivity index is 3.16. The molecule has 0 aliphatic carbocycles. The van der Waals surface area contributed by atoms with Crippen molar-refractivity contribution in [2.45, 2.75) is 13.8 Å². The van der Waals surface area contributed by atoms with Crippen molar-refractivity contribution in [2.24, 2.45) is 0 Å². The van der Waals surface area contributed by atoms with Crippen LogP contribution in [0.1, 0.15) is 18.1 Å². The molecular weight excluding hydrogens is 208 g/mol. The number of nitrogens with zero attached hydrogens (tertiary/aromatic N) is 1. The summed E-state index contributed by atoms with van der Waals surface area (Å²) in [6.07, 6.45) is 2.18. The maximum atomic E-state index is 4.01. The summed E-state index contributed by atoms with van der Waals surface area (Å²) in [5.41, 5.74) is 5.87. The Hall–Kier alpha value is -1.70. The lowest BCUT2D eigenvalue weighted by Crippen LogP contribution is -2.11. The topological polar surface area (TPSA) is 15.3 Å². The molecule has 1 aromatic carbocycles. The summed E-state index contributed by atoms with van der Waals surface area (Å²) < 4.78 is 0. The van der Waals surface area contributed by atoms with Gasteiger partial charge in [0.1, 0.15) is 0 Å². The highest BCUT2D eigenvalue weighted by atomic mass is 15.1. The molecule has 0 unspecified atom stereocenters. The van der Waals surface area contributed by atoms with Crippen LogP contribution in [0, 0.1) is 6.92 Å². The summed E-state index contributed by atoms with van der Waals surface area (Å²) in [6.45, 7) is 8.17. The molecular formula is C15H22N2. The van der Waals surface area contributed by atoms with E-state index in [0.29, 0.717) is 0 Å². The first-order chi connectivity index (χ1) is 7.95. The molecule has 0 fully saturated rings. The second kappa shape index (κ2) is 5.58. The molecule has 0 saturated carbocycles. The van der Waals surface area contributed by atoms with Crippen molar-refractivity contribution in [2.75, 3.05) is 26.5 Å². The maximum absolute atomic E-state index is 4.01. The summed E-state index contributed by atoms with van der Waals surface area (Å²) in [5.74, 6) is 0. The van der Waals surface area contributed by atoms with E-state index in [4.69, 9.17) is 0 Å². The number of aryl methyl sites for hydroxylation is 1. The monoisotopic (exact) mass is 230 g/mol. The lowest BCUT2D eigenvalue weighted by molar-refractivity contribution is 0.526. The molecule has 0 heterocycles. The number of hydrogen-bond acceptors (Lipinski definition) is 2. The molecule has 2 heteroatoms. The summed E-state index contributed by atoms with van der Waals surface area (Å²) in [5, 5.41) is 3.15. The average Bonchev–Trinajstić information content (AvgIpc) is 2.26. The van der Waals surface area contributed by atoms with Crippen molar-refractivity contribution in [1.29, 1.82) is 0 Å². The summed E-state index contributed by atoms with van der Waals surface area (Å²) in [6, 6.07) is 6.37. The van der Waals surface area contributed by atoms with E-state index in [9.17, 15) is 0 Å². The van der Waals surface area contributed by atoms with Gasteiger partial charge in [0.05, 0.1) is 0 Å². The molecule has 17 heavy (non-hydrogen) atoms. The summed E-state index contributed by atoms with van der Waals surface area (Å²) in [4.78, 5) is 2.09. The van der Waals surface area contributed by atoms with Crippen LogP contribution in [0.2, 0.25) is 0 Å². The van der Waals surface area contributed by atoms with E-state index in [2.05, 4.69) is 48.0 Å². The molecule has 1 rings (SSSR count). The molecule has 92 valence electrons. The van der Waals surface area contributed by atoms with Gasteiger partial charge in [-0.1, -0.05) is 12.6 Å². The van der Waals surface area contributed by atoms with Crippen LogP contribution in [-0.4, -0.2) is 26.0 Å². The Morgan fingerprint density at radius 1 is 1.35 bits per heavy atom. The van der Waals surface area contributed by atoms with Gasteiger partial charge in [-0.2, -0.15) is 0 Å². The lowest BCUT2D eigenvalue weighted by atomic mass is 10.0. The molecule has 0 aliphatic heterocycles. The van der Waals surface area contributed by atoms with Crippen molar-refractivity contribution in [3.8, 4) is 0 Å². The number of rotatable bonds is 4. The van der Waals surface area contributed by atoms with Crippen LogP contribution in [-0.2, 0) is 0 Å². The van der Waals surface area contributed by atoms with E-state index in [1.807, 2.05) is 28.1 Å². The number of nitrogens with one attached hydrogen (secondary N) is 1. The molecule has 0 amide bonds. The van der Waals surface area contributed by atoms with E-state index in [1.165, 1.54) is 11.1 Å². The van der Waals surface area contributed by atoms with Gasteiger partial charge in [0.25, 0.3) is 0 Å². The highest BCUT2D eigenvalue weighted by Crippen LogP contribution is 2.20. The first kappa shape index (κ1) is 13.4. The van der Waals surface area contributed by atoms with Crippen molar-refractivity contribution >= 4 is 11.8 Å². The largest absolute Gasteiger partial charge is 0.388 e. The van der Waals surface area contributed by atoms with Gasteiger partial charge in [0.2, 0.25) is 0 Å². The first-order valence-corrected chi connectivity index (χ1v) is 5.79. The minimum atomic E-state index is 1.08. The highest BCUT2D eigenvalue weighted by molar-refractivity contribution is 5.63. The third-order valence-electron chi connectivity index (χ3n) is 2.77.